The summed E-state index contributed by atoms with van der Waals surface area (Å²) in [4.78, 5) is 7.14. The van der Waals surface area contributed by atoms with E-state index in [9.17, 15) is 15.8 Å². The fraction of sp³-hybridized carbons (Fsp3) is 0.0152. The van der Waals surface area contributed by atoms with E-state index in [0.717, 1.165) is 72.1 Å². The van der Waals surface area contributed by atoms with Crippen molar-refractivity contribution in [2.24, 2.45) is 0 Å². The van der Waals surface area contributed by atoms with Crippen LogP contribution in [0.25, 0.3) is 120 Å². The molecule has 7 nitrogen and oxygen atoms in total. The molecule has 0 fully saturated rings. The molecule has 0 aliphatic heterocycles. The number of hydrogen-bond acceptors (Lipinski definition) is 3. The molecule has 0 amide bonds. The molecule has 0 aliphatic carbocycles. The first-order valence-corrected chi connectivity index (χ1v) is 23.9. The van der Waals surface area contributed by atoms with E-state index in [-0.39, 0.29) is 16.7 Å². The lowest BCUT2D eigenvalue weighted by Gasteiger charge is -2.20. The van der Waals surface area contributed by atoms with Crippen LogP contribution in [0.1, 0.15) is 22.3 Å². The standard InChI is InChI=1S/C66H34F3N7/c1-73-51-23-15-44(16-24-51)48-21-29-62-56(33-48)57-34-49(45-17-25-52(74-2)26-18-45)22-30-63(57)76(62)65-36-50(53-5-3-4-6-59(53)66(67,68)69)35-64(58(65)39-72)75-60-27-19-46(42-11-7-40(37-70)8-12-42)31-54(60)55-32-47(20-28-61(55)75)43-13-9-41(38-71)10-14-43/h3-36H. The van der Waals surface area contributed by atoms with Crippen LogP contribution in [-0.4, -0.2) is 9.13 Å². The first kappa shape index (κ1) is 46.1. The molecular formula is C66H34F3N7. The van der Waals surface area contributed by atoms with Crippen LogP contribution < -0.4 is 0 Å². The van der Waals surface area contributed by atoms with Crippen LogP contribution in [-0.2, 0) is 6.18 Å². The van der Waals surface area contributed by atoms with Crippen molar-refractivity contribution in [1.82, 2.24) is 9.13 Å². The monoisotopic (exact) mass is 981 g/mol. The minimum Gasteiger partial charge on any atom is -0.308 e. The van der Waals surface area contributed by atoms with Crippen molar-refractivity contribution in [3.8, 4) is 85.2 Å². The Hall–Kier alpha value is -11.0. The lowest BCUT2D eigenvalue weighted by atomic mass is 9.95. The van der Waals surface area contributed by atoms with E-state index in [1.165, 1.54) is 12.1 Å². The van der Waals surface area contributed by atoms with Crippen molar-refractivity contribution in [3.05, 3.63) is 251 Å². The minimum absolute atomic E-state index is 0.0648. The van der Waals surface area contributed by atoms with Gasteiger partial charge in [0.25, 0.3) is 0 Å². The minimum atomic E-state index is -4.72. The third-order valence-corrected chi connectivity index (χ3v) is 14.1. The second-order valence-electron chi connectivity index (χ2n) is 18.3. The van der Waals surface area contributed by atoms with E-state index in [4.69, 9.17) is 13.1 Å². The highest BCUT2D eigenvalue weighted by Crippen LogP contribution is 2.45. The normalized spacial score (nSPS) is 11.3. The molecule has 0 unspecified atom stereocenters. The predicted octanol–water partition coefficient (Wildman–Crippen LogP) is 18.0. The number of benzene rings is 10. The van der Waals surface area contributed by atoms with Crippen LogP contribution in [0.5, 0.6) is 0 Å². The summed E-state index contributed by atoms with van der Waals surface area (Å²) in [5.74, 6) is 0. The largest absolute Gasteiger partial charge is 0.417 e. The number of aromatic nitrogens is 2. The molecule has 76 heavy (non-hydrogen) atoms. The molecule has 2 aromatic heterocycles. The summed E-state index contributed by atoms with van der Waals surface area (Å²) in [5.41, 5.74) is 12.0. The zero-order valence-electron chi connectivity index (χ0n) is 39.9. The van der Waals surface area contributed by atoms with Crippen LogP contribution in [0.3, 0.4) is 0 Å². The number of fused-ring (bicyclic) bond motifs is 6. The average Bonchev–Trinajstić information content (AvgIpc) is 4.14. The Morgan fingerprint density at radius 1 is 0.368 bits per heavy atom. The van der Waals surface area contributed by atoms with Gasteiger partial charge in [-0.25, -0.2) is 9.69 Å². The van der Waals surface area contributed by atoms with Gasteiger partial charge in [0.15, 0.2) is 11.4 Å². The van der Waals surface area contributed by atoms with Crippen molar-refractivity contribution in [1.29, 1.82) is 15.8 Å². The Bertz CT molecular complexity index is 4100. The van der Waals surface area contributed by atoms with Gasteiger partial charge in [0.2, 0.25) is 0 Å². The topological polar surface area (TPSA) is 89.9 Å². The Morgan fingerprint density at radius 3 is 1.01 bits per heavy atom. The average molecular weight is 982 g/mol. The zero-order chi connectivity index (χ0) is 52.2. The van der Waals surface area contributed by atoms with Gasteiger partial charge in [-0.05, 0) is 147 Å². The maximum atomic E-state index is 15.2. The molecule has 0 radical (unpaired) electrons. The van der Waals surface area contributed by atoms with E-state index in [1.54, 1.807) is 66.7 Å². The Balaban J connectivity index is 1.18. The Kier molecular flexibility index (Phi) is 11.1. The molecule has 0 saturated carbocycles. The summed E-state index contributed by atoms with van der Waals surface area (Å²) in [6, 6.07) is 68.9. The number of rotatable bonds is 7. The van der Waals surface area contributed by atoms with E-state index >= 15 is 13.2 Å². The molecule has 0 saturated heterocycles. The fourth-order valence-corrected chi connectivity index (χ4v) is 10.4. The SMILES string of the molecule is [C-]#[N+]c1ccc(-c2ccc3c(c2)c2cc(-c4ccc([N+]#[C-])cc4)ccc2n3-c2cc(-c3ccccc3C(F)(F)F)cc(-n3c4ccc(-c5ccc(C#N)cc5)cc4c4cc(-c5ccc(C#N)cc5)ccc43)c2C#N)cc1. The van der Waals surface area contributed by atoms with Crippen molar-refractivity contribution in [3.63, 3.8) is 0 Å². The molecule has 10 heteroatoms. The van der Waals surface area contributed by atoms with E-state index in [1.807, 2.05) is 106 Å². The van der Waals surface area contributed by atoms with Gasteiger partial charge in [-0.1, -0.05) is 115 Å². The summed E-state index contributed by atoms with van der Waals surface area (Å²) < 4.78 is 49.6. The summed E-state index contributed by atoms with van der Waals surface area (Å²) in [6.45, 7) is 15.0. The van der Waals surface area contributed by atoms with Crippen molar-refractivity contribution in [2.75, 3.05) is 0 Å². The molecule has 0 N–H and O–H groups in total. The van der Waals surface area contributed by atoms with E-state index in [2.05, 4.69) is 52.2 Å². The van der Waals surface area contributed by atoms with Gasteiger partial charge in [0.1, 0.15) is 11.6 Å². The molecule has 0 bridgehead atoms. The van der Waals surface area contributed by atoms with Crippen LogP contribution >= 0.6 is 0 Å². The second-order valence-corrected chi connectivity index (χ2v) is 18.3. The lowest BCUT2D eigenvalue weighted by Crippen LogP contribution is -2.09. The third-order valence-electron chi connectivity index (χ3n) is 14.1. The van der Waals surface area contributed by atoms with Gasteiger partial charge in [-0.15, -0.1) is 0 Å². The van der Waals surface area contributed by atoms with Crippen molar-refractivity contribution in [2.45, 2.75) is 6.18 Å². The summed E-state index contributed by atoms with van der Waals surface area (Å²) >= 11 is 0. The fourth-order valence-electron chi connectivity index (χ4n) is 10.4. The Labute approximate surface area is 433 Å². The van der Waals surface area contributed by atoms with Crippen LogP contribution in [0.4, 0.5) is 24.5 Å². The molecular weight excluding hydrogens is 948 g/mol. The molecule has 2 heterocycles. The first-order valence-electron chi connectivity index (χ1n) is 23.9. The summed E-state index contributed by atoms with van der Waals surface area (Å²) in [6.07, 6.45) is -4.72. The predicted molar refractivity (Wildman–Crippen MR) is 294 cm³/mol. The number of halogens is 3. The van der Waals surface area contributed by atoms with Gasteiger partial charge >= 0.3 is 6.18 Å². The van der Waals surface area contributed by atoms with Gasteiger partial charge in [0, 0.05) is 21.5 Å². The number of alkyl halides is 3. The van der Waals surface area contributed by atoms with Gasteiger partial charge in [-0.3, -0.25) is 0 Å². The van der Waals surface area contributed by atoms with Gasteiger partial charge in [0.05, 0.1) is 75.4 Å². The molecule has 0 atom stereocenters. The summed E-state index contributed by atoms with van der Waals surface area (Å²) in [5, 5.41) is 34.1. The number of hydrogen-bond donors (Lipinski definition) is 0. The lowest BCUT2D eigenvalue weighted by molar-refractivity contribution is -0.137. The third kappa shape index (κ3) is 7.83. The smallest absolute Gasteiger partial charge is 0.308 e. The maximum Gasteiger partial charge on any atom is 0.417 e. The molecule has 354 valence electrons. The van der Waals surface area contributed by atoms with Crippen LogP contribution in [0, 0.1) is 47.1 Å². The first-order chi connectivity index (χ1) is 37.0. The molecule has 12 aromatic rings. The highest BCUT2D eigenvalue weighted by atomic mass is 19.4. The number of nitrogens with zero attached hydrogens (tertiary/aromatic N) is 7. The van der Waals surface area contributed by atoms with Gasteiger partial charge in [-0.2, -0.15) is 29.0 Å². The van der Waals surface area contributed by atoms with E-state index in [0.29, 0.717) is 55.9 Å². The maximum absolute atomic E-state index is 15.2. The number of nitriles is 3. The molecule has 10 aromatic carbocycles. The molecule has 0 aliphatic rings. The molecule has 12 rings (SSSR count). The van der Waals surface area contributed by atoms with Crippen LogP contribution in [0.15, 0.2) is 206 Å². The second kappa shape index (κ2) is 18.3. The zero-order valence-corrected chi connectivity index (χ0v) is 39.9. The highest BCUT2D eigenvalue weighted by Gasteiger charge is 2.34. The summed E-state index contributed by atoms with van der Waals surface area (Å²) in [7, 11) is 0. The highest BCUT2D eigenvalue weighted by molar-refractivity contribution is 6.14. The van der Waals surface area contributed by atoms with Crippen molar-refractivity contribution < 1.29 is 13.2 Å². The van der Waals surface area contributed by atoms with Crippen molar-refractivity contribution >= 4 is 55.0 Å². The Morgan fingerprint density at radius 2 is 0.697 bits per heavy atom. The van der Waals surface area contributed by atoms with Gasteiger partial charge < -0.3 is 9.13 Å². The quantitative estimate of drug-likeness (QED) is 0.149. The molecule has 0 spiro atoms. The van der Waals surface area contributed by atoms with E-state index < -0.39 is 11.7 Å². The van der Waals surface area contributed by atoms with Crippen LogP contribution in [0.2, 0.25) is 0 Å².